The number of nitrogens with one attached hydrogen (secondary N) is 6. The van der Waals surface area contributed by atoms with E-state index in [0.29, 0.717) is 6.54 Å². The second kappa shape index (κ2) is 53.3. The Hall–Kier alpha value is -4.53. The van der Waals surface area contributed by atoms with Crippen molar-refractivity contribution in [2.75, 3.05) is 120 Å². The number of rotatable bonds is 50. The smallest absolute Gasteiger partial charge is 0.394 e. The van der Waals surface area contributed by atoms with E-state index >= 15 is 0 Å². The second-order valence-corrected chi connectivity index (χ2v) is 24.9. The highest BCUT2D eigenvalue weighted by Gasteiger charge is 2.48. The fourth-order valence-electron chi connectivity index (χ4n) is 9.89. The van der Waals surface area contributed by atoms with Crippen molar-refractivity contribution in [2.45, 2.75) is 222 Å². The molecule has 584 valence electrons. The van der Waals surface area contributed by atoms with Gasteiger partial charge in [-0.25, -0.2) is 4.57 Å². The van der Waals surface area contributed by atoms with Crippen molar-refractivity contribution in [1.82, 2.24) is 31.9 Å². The van der Waals surface area contributed by atoms with Gasteiger partial charge >= 0.3 is 7.82 Å². The Balaban J connectivity index is 0.00000297. The molecule has 0 aromatic heterocycles. The average molecular weight is 1470 g/mol. The van der Waals surface area contributed by atoms with Crippen molar-refractivity contribution < 1.29 is 150 Å². The van der Waals surface area contributed by atoms with E-state index in [2.05, 4.69) is 40.9 Å². The summed E-state index contributed by atoms with van der Waals surface area (Å²) in [6.45, 7) is 4.35. The standard InChI is InChI=1S/C52H90N6O27.C7H18NO4P.C2H6/c1-29(62)55-40-46(73)43(70)34(22-59)83-49(40)80-16-6-8-32(65)12-18-77-25-52(58-39(69)11-5-10-37(67)54-28-76-4,26-78-19-13-33(66)9-7-17-81-50-41(56-30(2)63)47(74)44(71)35(23-60)84-50)27-79-20-14-38(68)53-15-21-82-51-42(57-31(3)64)48(75)45(72)36(24-61)85-51;1-11-13(9,10)12-7-5-3-2-4-6-8;1-2/h34-36,40-51,59-61,70-75H,5-28H2,1-4H3,(H,53,68)(H,54,67)(H,55,62)(H,56,63)(H,57,64)(H,58,69);2-8H2,1H3,(H,9,10);1-2H3. The van der Waals surface area contributed by atoms with Crippen LogP contribution < -0.4 is 37.6 Å². The maximum atomic E-state index is 13.6. The number of carbonyl (C=O) groups excluding carboxylic acids is 8. The molecule has 3 heterocycles. The molecular weight excluding hydrogens is 1360 g/mol. The molecule has 3 fully saturated rings. The van der Waals surface area contributed by atoms with Crippen LogP contribution in [0, 0.1) is 0 Å². The number of hydrogen-bond donors (Lipinski definition) is 17. The van der Waals surface area contributed by atoms with Crippen molar-refractivity contribution in [2.24, 2.45) is 5.73 Å². The SMILES string of the molecule is CC.COCNC(=O)CCCC(=O)NC(COCCC(=O)CCCOC1OC(CO)C(O)C(O)C1NC(C)=O)(COCCC(=O)CCCOC1OC(CO)C(O)C(O)C1NC(C)=O)COCCC(=O)NCCOC1OC(CO)C(O)C(O)C1NC(C)=O.COP(=O)(O)OCCCCCCN. The summed E-state index contributed by atoms with van der Waals surface area (Å²) in [5.41, 5.74) is 3.75. The lowest BCUT2D eigenvalue weighted by Crippen LogP contribution is -2.64. The van der Waals surface area contributed by atoms with Crippen LogP contribution in [0.3, 0.4) is 0 Å². The third kappa shape index (κ3) is 37.8. The van der Waals surface area contributed by atoms with Crippen LogP contribution in [-0.4, -0.2) is 315 Å². The summed E-state index contributed by atoms with van der Waals surface area (Å²) in [6.07, 6.45) is -13.3. The molecule has 3 aliphatic rings. The maximum absolute atomic E-state index is 13.6. The van der Waals surface area contributed by atoms with Crippen molar-refractivity contribution in [1.29, 1.82) is 0 Å². The molecule has 3 saturated heterocycles. The summed E-state index contributed by atoms with van der Waals surface area (Å²) in [5, 5.41) is 107. The fourth-order valence-corrected chi connectivity index (χ4v) is 10.4. The highest BCUT2D eigenvalue weighted by molar-refractivity contribution is 7.47. The van der Waals surface area contributed by atoms with Gasteiger partial charge in [0.05, 0.1) is 85.9 Å². The normalized spacial score (nSPS) is 26.2. The number of carbonyl (C=O) groups is 8. The predicted molar refractivity (Wildman–Crippen MR) is 348 cm³/mol. The summed E-state index contributed by atoms with van der Waals surface area (Å²) in [4.78, 5) is 109. The molecule has 100 heavy (non-hydrogen) atoms. The van der Waals surface area contributed by atoms with Gasteiger partial charge in [-0.05, 0) is 38.6 Å². The highest BCUT2D eigenvalue weighted by Crippen LogP contribution is 2.42. The van der Waals surface area contributed by atoms with E-state index in [-0.39, 0.29) is 161 Å². The molecule has 3 aliphatic heterocycles. The maximum Gasteiger partial charge on any atom is 0.471 e. The number of phosphoric acid groups is 1. The van der Waals surface area contributed by atoms with Gasteiger partial charge < -0.3 is 136 Å². The highest BCUT2D eigenvalue weighted by atomic mass is 31.2. The molecule has 0 bridgehead atoms. The Kier molecular flexibility index (Phi) is 49.8. The molecule has 0 aromatic rings. The summed E-state index contributed by atoms with van der Waals surface area (Å²) >= 11 is 0. The molecule has 0 radical (unpaired) electrons. The van der Waals surface area contributed by atoms with Crippen molar-refractivity contribution in [3.05, 3.63) is 0 Å². The Morgan fingerprint density at radius 2 is 0.860 bits per heavy atom. The number of hydrogen-bond acceptors (Lipinski definition) is 31. The van der Waals surface area contributed by atoms with Gasteiger partial charge in [0.15, 0.2) is 18.9 Å². The molecule has 16 unspecified atom stereocenters. The first-order chi connectivity index (χ1) is 47.6. The minimum atomic E-state index is -3.75. The van der Waals surface area contributed by atoms with Gasteiger partial charge in [-0.15, -0.1) is 0 Å². The van der Waals surface area contributed by atoms with Crippen LogP contribution >= 0.6 is 7.82 Å². The van der Waals surface area contributed by atoms with E-state index < -0.39 is 155 Å². The Labute approximate surface area is 582 Å². The molecule has 16 atom stereocenters. The van der Waals surface area contributed by atoms with Crippen LogP contribution in [0.2, 0.25) is 0 Å². The lowest BCUT2D eigenvalue weighted by atomic mass is 9.97. The molecule has 39 heteroatoms. The van der Waals surface area contributed by atoms with Gasteiger partial charge in [0.2, 0.25) is 35.4 Å². The Morgan fingerprint density at radius 1 is 0.470 bits per heavy atom. The van der Waals surface area contributed by atoms with E-state index in [1.165, 1.54) is 27.9 Å². The monoisotopic (exact) mass is 1470 g/mol. The molecule has 18 N–H and O–H groups in total. The zero-order chi connectivity index (χ0) is 75.2. The van der Waals surface area contributed by atoms with Gasteiger partial charge in [-0.2, -0.15) is 0 Å². The zero-order valence-corrected chi connectivity index (χ0v) is 59.3. The first kappa shape index (κ1) is 93.5. The Bertz CT molecular complexity index is 2190. The summed E-state index contributed by atoms with van der Waals surface area (Å²) < 4.78 is 76.1. The summed E-state index contributed by atoms with van der Waals surface area (Å²) in [7, 11) is -1.22. The molecule has 0 aromatic carbocycles. The molecule has 0 saturated carbocycles. The van der Waals surface area contributed by atoms with E-state index in [0.717, 1.165) is 32.8 Å². The molecule has 0 spiro atoms. The number of unbranched alkanes of at least 4 members (excludes halogenated alkanes) is 3. The number of ether oxygens (including phenoxy) is 10. The number of aliphatic hydroxyl groups is 9. The minimum absolute atomic E-state index is 0.0251. The van der Waals surface area contributed by atoms with Crippen LogP contribution in [0.15, 0.2) is 0 Å². The lowest BCUT2D eigenvalue weighted by Gasteiger charge is -2.42. The Morgan fingerprint density at radius 3 is 1.25 bits per heavy atom. The third-order valence-electron chi connectivity index (χ3n) is 15.1. The van der Waals surface area contributed by atoms with Crippen LogP contribution in [0.1, 0.15) is 125 Å². The van der Waals surface area contributed by atoms with E-state index in [1.807, 2.05) is 13.8 Å². The van der Waals surface area contributed by atoms with Gasteiger partial charge in [0, 0.05) is 86.5 Å². The van der Waals surface area contributed by atoms with Gasteiger partial charge in [0.25, 0.3) is 0 Å². The van der Waals surface area contributed by atoms with Crippen LogP contribution in [0.4, 0.5) is 0 Å². The number of Topliss-reactive ketones (excluding diaryl/α,β-unsaturated/α-hetero) is 2. The molecule has 38 nitrogen and oxygen atoms in total. The number of aliphatic hydroxyl groups excluding tert-OH is 9. The van der Waals surface area contributed by atoms with Crippen molar-refractivity contribution in [3.8, 4) is 0 Å². The quantitative estimate of drug-likeness (QED) is 0.0154. The second-order valence-electron chi connectivity index (χ2n) is 23.4. The molecular formula is C61H114N7O31P. The number of amides is 6. The molecule has 6 amide bonds. The number of ketones is 2. The average Bonchev–Trinajstić information content (AvgIpc) is 0.836. The summed E-state index contributed by atoms with van der Waals surface area (Å²) in [5.74, 6) is -3.68. The first-order valence-corrected chi connectivity index (χ1v) is 35.0. The van der Waals surface area contributed by atoms with E-state index in [4.69, 9.17) is 58.0 Å². The largest absolute Gasteiger partial charge is 0.471 e. The number of methoxy groups -OCH3 is 1. The predicted octanol–water partition coefficient (Wildman–Crippen LogP) is -5.06. The lowest BCUT2D eigenvalue weighted by molar-refractivity contribution is -0.270. The van der Waals surface area contributed by atoms with Gasteiger partial charge in [-0.3, -0.25) is 47.4 Å². The first-order valence-electron chi connectivity index (χ1n) is 33.5. The van der Waals surface area contributed by atoms with Gasteiger partial charge in [-0.1, -0.05) is 26.7 Å². The van der Waals surface area contributed by atoms with Crippen molar-refractivity contribution >= 4 is 54.8 Å². The van der Waals surface area contributed by atoms with Crippen LogP contribution in [-0.2, 0) is 99.3 Å². The van der Waals surface area contributed by atoms with E-state index in [9.17, 15) is 88.9 Å². The van der Waals surface area contributed by atoms with E-state index in [1.54, 1.807) is 0 Å². The summed E-state index contributed by atoms with van der Waals surface area (Å²) in [6, 6.07) is -3.57. The fraction of sp³-hybridized carbons (Fsp3) is 0.869. The van der Waals surface area contributed by atoms with Crippen molar-refractivity contribution in [3.63, 3.8) is 0 Å². The topological polar surface area (TPSA) is 565 Å². The number of phosphoric ester groups is 1. The zero-order valence-electron chi connectivity index (χ0n) is 58.4. The molecule has 0 aliphatic carbocycles. The minimum Gasteiger partial charge on any atom is -0.394 e. The van der Waals surface area contributed by atoms with Crippen LogP contribution in [0.25, 0.3) is 0 Å². The third-order valence-corrected chi connectivity index (χ3v) is 16.1. The number of nitrogens with two attached hydrogens (primary N) is 1. The molecule has 3 rings (SSSR count). The van der Waals surface area contributed by atoms with Crippen LogP contribution in [0.5, 0.6) is 0 Å². The van der Waals surface area contributed by atoms with Gasteiger partial charge in [0.1, 0.15) is 96.9 Å².